The molecule has 14 nitrogen and oxygen atoms in total. The van der Waals surface area contributed by atoms with Crippen LogP contribution in [0.2, 0.25) is 0 Å². The number of rotatable bonds is 22. The molecule has 0 radical (unpaired) electrons. The van der Waals surface area contributed by atoms with Crippen molar-refractivity contribution in [1.29, 1.82) is 0 Å². The highest BCUT2D eigenvalue weighted by molar-refractivity contribution is 5.99. The predicted octanol–water partition coefficient (Wildman–Crippen LogP) is 3.70. The van der Waals surface area contributed by atoms with Gasteiger partial charge in [0.05, 0.1) is 6.61 Å². The molecule has 2 aromatic rings. The van der Waals surface area contributed by atoms with Gasteiger partial charge in [0, 0.05) is 18.0 Å². The Morgan fingerprint density at radius 2 is 1.35 bits per heavy atom. The highest BCUT2D eigenvalue weighted by Crippen LogP contribution is 2.46. The monoisotopic (exact) mass is 833 g/mol. The maximum Gasteiger partial charge on any atom is 0.328 e. The van der Waals surface area contributed by atoms with Gasteiger partial charge in [-0.3, -0.25) is 24.0 Å². The van der Waals surface area contributed by atoms with E-state index in [1.165, 1.54) is 32.6 Å². The third-order valence-corrected chi connectivity index (χ3v) is 12.0. The van der Waals surface area contributed by atoms with Crippen LogP contribution in [0.1, 0.15) is 114 Å². The number of carboxylic acids is 1. The number of nitrogens with zero attached hydrogens (tertiary/aromatic N) is 1. The second kappa shape index (κ2) is 22.1. The fraction of sp³-hybridized carbons (Fsp3) is 0.609. The maximum absolute atomic E-state index is 13.9. The van der Waals surface area contributed by atoms with Crippen molar-refractivity contribution in [3.8, 4) is 0 Å². The summed E-state index contributed by atoms with van der Waals surface area (Å²) >= 11 is 0. The van der Waals surface area contributed by atoms with E-state index in [-0.39, 0.29) is 30.6 Å². The smallest absolute Gasteiger partial charge is 0.328 e. The van der Waals surface area contributed by atoms with Crippen molar-refractivity contribution in [2.75, 3.05) is 20.2 Å². The van der Waals surface area contributed by atoms with Gasteiger partial charge in [0.2, 0.25) is 23.6 Å². The Kier molecular flexibility index (Phi) is 17.7. The molecule has 4 rings (SSSR count). The molecule has 2 aliphatic carbocycles. The van der Waals surface area contributed by atoms with E-state index in [1.54, 1.807) is 12.1 Å². The Morgan fingerprint density at radius 1 is 0.733 bits per heavy atom. The number of amides is 5. The summed E-state index contributed by atoms with van der Waals surface area (Å²) in [6.45, 7) is 11.5. The molecule has 2 aromatic carbocycles. The van der Waals surface area contributed by atoms with E-state index in [0.29, 0.717) is 18.0 Å². The van der Waals surface area contributed by atoms with Gasteiger partial charge < -0.3 is 41.7 Å². The van der Waals surface area contributed by atoms with E-state index < -0.39 is 72.3 Å². The van der Waals surface area contributed by atoms with Gasteiger partial charge in [-0.15, -0.1) is 0 Å². The highest BCUT2D eigenvalue weighted by Gasteiger charge is 2.41. The molecule has 2 saturated carbocycles. The summed E-state index contributed by atoms with van der Waals surface area (Å²) in [5.74, 6) is -3.02. The van der Waals surface area contributed by atoms with Crippen LogP contribution >= 0.6 is 0 Å². The number of nitrogens with one attached hydrogen (secondary N) is 5. The summed E-state index contributed by atoms with van der Waals surface area (Å²) in [4.78, 5) is 82.2. The summed E-state index contributed by atoms with van der Waals surface area (Å²) in [7, 11) is 2.13. The largest absolute Gasteiger partial charge is 0.480 e. The normalized spacial score (nSPS) is 19.8. The average molecular weight is 833 g/mol. The van der Waals surface area contributed by atoms with Gasteiger partial charge in [0.15, 0.2) is 0 Å². The number of benzene rings is 2. The van der Waals surface area contributed by atoms with Crippen molar-refractivity contribution in [3.05, 3.63) is 71.3 Å². The second-order valence-electron chi connectivity index (χ2n) is 18.3. The molecule has 330 valence electrons. The Labute approximate surface area is 355 Å². The summed E-state index contributed by atoms with van der Waals surface area (Å²) in [5, 5.41) is 32.4. The molecule has 0 aromatic heterocycles. The van der Waals surface area contributed by atoms with E-state index in [0.717, 1.165) is 35.9 Å². The molecular weight excluding hydrogens is 765 g/mol. The molecule has 7 N–H and O–H groups in total. The number of carboxylic acid groups (broad SMARTS) is 1. The minimum absolute atomic E-state index is 0.0617. The van der Waals surface area contributed by atoms with Gasteiger partial charge in [-0.2, -0.15) is 0 Å². The van der Waals surface area contributed by atoms with Gasteiger partial charge in [0.25, 0.3) is 5.91 Å². The van der Waals surface area contributed by atoms with Crippen molar-refractivity contribution < 1.29 is 39.0 Å². The van der Waals surface area contributed by atoms with Gasteiger partial charge in [-0.25, -0.2) is 4.79 Å². The number of aliphatic carboxylic acids is 1. The zero-order chi connectivity index (χ0) is 44.1. The number of carbonyl (C=O) groups is 6. The van der Waals surface area contributed by atoms with Crippen molar-refractivity contribution >= 4 is 35.5 Å². The lowest BCUT2D eigenvalue weighted by Gasteiger charge is -2.31. The highest BCUT2D eigenvalue weighted by atomic mass is 16.4. The van der Waals surface area contributed by atoms with Crippen molar-refractivity contribution in [3.63, 3.8) is 0 Å². The molecule has 14 heteroatoms. The predicted molar refractivity (Wildman–Crippen MR) is 230 cm³/mol. The van der Waals surface area contributed by atoms with E-state index in [4.69, 9.17) is 0 Å². The summed E-state index contributed by atoms with van der Waals surface area (Å²) in [6, 6.07) is 11.0. The average Bonchev–Trinajstić information content (AvgIpc) is 3.84. The van der Waals surface area contributed by atoms with Crippen LogP contribution in [0.4, 0.5) is 0 Å². The van der Waals surface area contributed by atoms with Gasteiger partial charge in [-0.05, 0) is 112 Å². The number of hydrogen-bond donors (Lipinski definition) is 7. The topological polar surface area (TPSA) is 206 Å². The molecule has 5 amide bonds. The first kappa shape index (κ1) is 47.9. The zero-order valence-electron chi connectivity index (χ0n) is 36.5. The van der Waals surface area contributed by atoms with Crippen LogP contribution in [0.15, 0.2) is 54.6 Å². The number of carbonyl (C=O) groups excluding carboxylic acids is 5. The standard InChI is InChI=1S/C46H68N6O8/c1-28(2)23-36(44(58)48-35(42(56)51-38(27-53)45(59)60)15-11-12-22-52(7)39-26-31-16-17-33(39)24-31)49-40(54)29(3)47-43(57)37(25-30-13-9-8-10-14-30)50-41(55)32-18-20-34(21-19-32)46(4,5)6/h8-10,13-14,18-21,28-29,31,33,35-39,53H,11-12,15-17,22-27H2,1-7H3,(H,47,57)(H,48,58)(H,49,54)(H,50,55)(H,51,56)(H,59,60)/t29-,31?,33?,35-,36-,37-,38-,39?/m0/s1. The molecule has 0 aliphatic heterocycles. The van der Waals surface area contributed by atoms with E-state index in [1.807, 2.05) is 56.3 Å². The molecule has 60 heavy (non-hydrogen) atoms. The maximum atomic E-state index is 13.9. The van der Waals surface area contributed by atoms with E-state index >= 15 is 0 Å². The first-order valence-corrected chi connectivity index (χ1v) is 21.6. The molecule has 2 fully saturated rings. The third kappa shape index (κ3) is 14.1. The van der Waals surface area contributed by atoms with E-state index in [9.17, 15) is 39.0 Å². The fourth-order valence-electron chi connectivity index (χ4n) is 8.43. The molecule has 2 bridgehead atoms. The first-order valence-electron chi connectivity index (χ1n) is 21.6. The summed E-state index contributed by atoms with van der Waals surface area (Å²) in [6.07, 6.45) is 6.97. The van der Waals surface area contributed by atoms with E-state index in [2.05, 4.69) is 59.3 Å². The first-order chi connectivity index (χ1) is 28.4. The number of aliphatic hydroxyl groups excluding tert-OH is 1. The van der Waals surface area contributed by atoms with Gasteiger partial charge in [-0.1, -0.05) is 83.5 Å². The molecule has 0 spiro atoms. The Morgan fingerprint density at radius 3 is 1.92 bits per heavy atom. The molecule has 0 heterocycles. The lowest BCUT2D eigenvalue weighted by molar-refractivity contribution is -0.143. The summed E-state index contributed by atoms with van der Waals surface area (Å²) in [5.41, 5.74) is 2.13. The molecule has 2 aliphatic rings. The Balaban J connectivity index is 1.41. The minimum atomic E-state index is -1.55. The quantitative estimate of drug-likeness (QED) is 0.0863. The van der Waals surface area contributed by atoms with Crippen LogP contribution in [0, 0.1) is 17.8 Å². The number of aliphatic hydroxyl groups is 1. The number of unbranched alkanes of at least 4 members (excludes halogenated alkanes) is 1. The fourth-order valence-corrected chi connectivity index (χ4v) is 8.43. The van der Waals surface area contributed by atoms with Crippen LogP contribution in [-0.4, -0.2) is 107 Å². The summed E-state index contributed by atoms with van der Waals surface area (Å²) < 4.78 is 0. The van der Waals surface area contributed by atoms with Gasteiger partial charge >= 0.3 is 5.97 Å². The van der Waals surface area contributed by atoms with Crippen LogP contribution in [-0.2, 0) is 35.8 Å². The van der Waals surface area contributed by atoms with Gasteiger partial charge in [0.1, 0.15) is 30.2 Å². The van der Waals surface area contributed by atoms with Crippen LogP contribution in [0.5, 0.6) is 0 Å². The second-order valence-corrected chi connectivity index (χ2v) is 18.3. The zero-order valence-corrected chi connectivity index (χ0v) is 36.5. The Bertz CT molecular complexity index is 1760. The molecule has 8 atom stereocenters. The van der Waals surface area contributed by atoms with Crippen molar-refractivity contribution in [2.24, 2.45) is 17.8 Å². The molecule has 3 unspecified atom stereocenters. The number of fused-ring (bicyclic) bond motifs is 2. The van der Waals surface area contributed by atoms with Crippen LogP contribution in [0.3, 0.4) is 0 Å². The number of hydrogen-bond acceptors (Lipinski definition) is 8. The molecule has 0 saturated heterocycles. The van der Waals surface area contributed by atoms with Crippen molar-refractivity contribution in [2.45, 2.75) is 141 Å². The van der Waals surface area contributed by atoms with Crippen molar-refractivity contribution in [1.82, 2.24) is 31.5 Å². The van der Waals surface area contributed by atoms with Crippen LogP contribution in [0.25, 0.3) is 0 Å². The third-order valence-electron chi connectivity index (χ3n) is 12.0. The minimum Gasteiger partial charge on any atom is -0.480 e. The molecular formula is C46H68N6O8. The lowest BCUT2D eigenvalue weighted by Crippen LogP contribution is -2.58. The Hall–Kier alpha value is -4.82. The lowest BCUT2D eigenvalue weighted by atomic mass is 9.86. The SMILES string of the molecule is CC(C)C[C@H](NC(=O)[C@H](C)NC(=O)[C@H](Cc1ccccc1)NC(=O)c1ccc(C(C)(C)C)cc1)C(=O)N[C@@H](CCCCN(C)C1CC2CCC1C2)C(=O)N[C@@H](CO)C(=O)O. The van der Waals surface area contributed by atoms with Crippen LogP contribution < -0.4 is 26.6 Å².